The number of esters is 2. The SMILES string of the molecule is C.C.C.C.CC(COC(=O)CO)(COC(=O)CO)C(=O)O. The monoisotopic (exact) mass is 314 g/mol. The van der Waals surface area contributed by atoms with Crippen LogP contribution in [-0.2, 0) is 23.9 Å². The van der Waals surface area contributed by atoms with Crippen molar-refractivity contribution in [2.75, 3.05) is 26.4 Å². The van der Waals surface area contributed by atoms with Crippen molar-refractivity contribution in [3.63, 3.8) is 0 Å². The quantitative estimate of drug-likeness (QED) is 0.585. The van der Waals surface area contributed by atoms with E-state index in [1.54, 1.807) is 0 Å². The molecule has 0 heterocycles. The van der Waals surface area contributed by atoms with Gasteiger partial charge < -0.3 is 24.8 Å². The Hall–Kier alpha value is -1.67. The van der Waals surface area contributed by atoms with E-state index in [0.29, 0.717) is 0 Å². The number of aliphatic hydroxyl groups excluding tert-OH is 2. The number of hydrogen-bond donors (Lipinski definition) is 3. The second-order valence-corrected chi connectivity index (χ2v) is 3.50. The molecule has 130 valence electrons. The third-order valence-corrected chi connectivity index (χ3v) is 1.88. The van der Waals surface area contributed by atoms with E-state index in [1.807, 2.05) is 0 Å². The number of carbonyl (C=O) groups excluding carboxylic acids is 2. The smallest absolute Gasteiger partial charge is 0.331 e. The lowest BCUT2D eigenvalue weighted by atomic mass is 9.93. The van der Waals surface area contributed by atoms with Gasteiger partial charge in [0.25, 0.3) is 0 Å². The van der Waals surface area contributed by atoms with E-state index in [2.05, 4.69) is 9.47 Å². The van der Waals surface area contributed by atoms with Gasteiger partial charge >= 0.3 is 17.9 Å². The molecule has 0 aliphatic heterocycles. The Balaban J connectivity index is -0.000000213. The van der Waals surface area contributed by atoms with E-state index in [0.717, 1.165) is 0 Å². The second kappa shape index (κ2) is 14.7. The van der Waals surface area contributed by atoms with Crippen LogP contribution in [0.5, 0.6) is 0 Å². The maximum absolute atomic E-state index is 10.9. The Morgan fingerprint density at radius 3 is 1.33 bits per heavy atom. The van der Waals surface area contributed by atoms with E-state index < -0.39 is 49.8 Å². The molecule has 0 bridgehead atoms. The molecular formula is C13H30O8. The van der Waals surface area contributed by atoms with Crippen LogP contribution in [0.2, 0.25) is 0 Å². The van der Waals surface area contributed by atoms with Gasteiger partial charge in [-0.25, -0.2) is 9.59 Å². The molecule has 0 aliphatic carbocycles. The Labute approximate surface area is 126 Å². The molecule has 0 radical (unpaired) electrons. The molecule has 0 aliphatic rings. The van der Waals surface area contributed by atoms with Gasteiger partial charge in [-0.1, -0.05) is 29.7 Å². The third kappa shape index (κ3) is 11.8. The summed E-state index contributed by atoms with van der Waals surface area (Å²) in [5.41, 5.74) is -1.63. The third-order valence-electron chi connectivity index (χ3n) is 1.88. The van der Waals surface area contributed by atoms with Gasteiger partial charge in [-0.2, -0.15) is 0 Å². The van der Waals surface area contributed by atoms with Crippen LogP contribution < -0.4 is 0 Å². The van der Waals surface area contributed by atoms with Crippen molar-refractivity contribution in [3.05, 3.63) is 0 Å². The molecule has 8 heteroatoms. The van der Waals surface area contributed by atoms with Gasteiger partial charge in [0.15, 0.2) is 0 Å². The molecule has 21 heavy (non-hydrogen) atoms. The van der Waals surface area contributed by atoms with Crippen molar-refractivity contribution < 1.29 is 39.2 Å². The predicted octanol–water partition coefficient (Wildman–Crippen LogP) is 0.693. The molecule has 8 nitrogen and oxygen atoms in total. The Morgan fingerprint density at radius 2 is 1.14 bits per heavy atom. The van der Waals surface area contributed by atoms with Gasteiger partial charge in [-0.05, 0) is 6.92 Å². The first kappa shape index (κ1) is 31.6. The topological polar surface area (TPSA) is 130 Å². The van der Waals surface area contributed by atoms with Crippen LogP contribution in [0.1, 0.15) is 36.6 Å². The molecule has 0 fully saturated rings. The average Bonchev–Trinajstić information content (AvgIpc) is 2.32. The van der Waals surface area contributed by atoms with Crippen molar-refractivity contribution in [2.45, 2.75) is 36.6 Å². The van der Waals surface area contributed by atoms with Crippen molar-refractivity contribution in [3.8, 4) is 0 Å². The lowest BCUT2D eigenvalue weighted by molar-refractivity contribution is -0.167. The van der Waals surface area contributed by atoms with E-state index >= 15 is 0 Å². The highest BCUT2D eigenvalue weighted by Crippen LogP contribution is 2.18. The van der Waals surface area contributed by atoms with Gasteiger partial charge in [0.1, 0.15) is 31.8 Å². The molecule has 0 unspecified atom stereocenters. The summed E-state index contributed by atoms with van der Waals surface area (Å²) in [7, 11) is 0. The van der Waals surface area contributed by atoms with Crippen molar-refractivity contribution in [1.29, 1.82) is 0 Å². The molecule has 0 saturated heterocycles. The van der Waals surface area contributed by atoms with Crippen LogP contribution in [0.15, 0.2) is 0 Å². The fraction of sp³-hybridized carbons (Fsp3) is 0.769. The number of ether oxygens (including phenoxy) is 2. The molecule has 0 spiro atoms. The number of rotatable bonds is 7. The summed E-state index contributed by atoms with van der Waals surface area (Å²) in [5, 5.41) is 25.7. The first-order chi connectivity index (χ1) is 7.85. The van der Waals surface area contributed by atoms with Gasteiger partial charge in [-0.15, -0.1) is 0 Å². The first-order valence-electron chi connectivity index (χ1n) is 4.62. The molecule has 0 saturated carbocycles. The molecule has 0 aromatic rings. The Kier molecular flexibility index (Phi) is 22.2. The molecular weight excluding hydrogens is 284 g/mol. The Morgan fingerprint density at radius 1 is 0.857 bits per heavy atom. The summed E-state index contributed by atoms with van der Waals surface area (Å²) in [4.78, 5) is 32.2. The van der Waals surface area contributed by atoms with Crippen molar-refractivity contribution >= 4 is 17.9 Å². The highest BCUT2D eigenvalue weighted by Gasteiger charge is 2.36. The molecule has 0 aromatic carbocycles. The summed E-state index contributed by atoms with van der Waals surface area (Å²) in [6.45, 7) is -1.65. The number of hydrogen-bond acceptors (Lipinski definition) is 7. The number of aliphatic carboxylic acids is 1. The van der Waals surface area contributed by atoms with E-state index in [4.69, 9.17) is 15.3 Å². The summed E-state index contributed by atoms with van der Waals surface area (Å²) in [6, 6.07) is 0. The zero-order valence-electron chi connectivity index (χ0n) is 9.21. The van der Waals surface area contributed by atoms with Gasteiger partial charge in [0.05, 0.1) is 0 Å². The van der Waals surface area contributed by atoms with Gasteiger partial charge in [0.2, 0.25) is 0 Å². The maximum Gasteiger partial charge on any atom is 0.331 e. The molecule has 0 rings (SSSR count). The number of carbonyl (C=O) groups is 3. The van der Waals surface area contributed by atoms with Crippen molar-refractivity contribution in [1.82, 2.24) is 0 Å². The van der Waals surface area contributed by atoms with Gasteiger partial charge in [0, 0.05) is 0 Å². The largest absolute Gasteiger partial charge is 0.481 e. The molecule has 0 aromatic heterocycles. The average molecular weight is 314 g/mol. The first-order valence-corrected chi connectivity index (χ1v) is 4.62. The van der Waals surface area contributed by atoms with Crippen LogP contribution in [-0.4, -0.2) is 59.7 Å². The normalized spacial score (nSPS) is 8.71. The lowest BCUT2D eigenvalue weighted by Crippen LogP contribution is -2.39. The maximum atomic E-state index is 10.9. The van der Waals surface area contributed by atoms with E-state index in [-0.39, 0.29) is 29.7 Å². The second-order valence-electron chi connectivity index (χ2n) is 3.50. The van der Waals surface area contributed by atoms with Gasteiger partial charge in [-0.3, -0.25) is 4.79 Å². The standard InChI is InChI=1S/C9H14O8.4CH4/c1-9(8(14)15,4-16-6(12)2-10)5-17-7(13)3-11;;;;/h10-11H,2-5H2,1H3,(H,14,15);4*1H4. The van der Waals surface area contributed by atoms with E-state index in [9.17, 15) is 14.4 Å². The van der Waals surface area contributed by atoms with Crippen LogP contribution in [0.3, 0.4) is 0 Å². The van der Waals surface area contributed by atoms with Crippen LogP contribution in [0.25, 0.3) is 0 Å². The summed E-state index contributed by atoms with van der Waals surface area (Å²) in [6.07, 6.45) is 0. The summed E-state index contributed by atoms with van der Waals surface area (Å²) < 4.78 is 8.92. The minimum absolute atomic E-state index is 0. The molecule has 0 atom stereocenters. The summed E-state index contributed by atoms with van der Waals surface area (Å²) >= 11 is 0. The van der Waals surface area contributed by atoms with Crippen molar-refractivity contribution in [2.24, 2.45) is 5.41 Å². The number of carboxylic acids is 1. The minimum Gasteiger partial charge on any atom is -0.481 e. The number of carboxylic acid groups (broad SMARTS) is 1. The Bertz CT molecular complexity index is 281. The highest BCUT2D eigenvalue weighted by molar-refractivity contribution is 5.77. The highest BCUT2D eigenvalue weighted by atomic mass is 16.6. The minimum atomic E-state index is -1.63. The number of aliphatic hydroxyl groups is 2. The van der Waals surface area contributed by atoms with Crippen LogP contribution in [0.4, 0.5) is 0 Å². The molecule has 3 N–H and O–H groups in total. The lowest BCUT2D eigenvalue weighted by Gasteiger charge is -2.23. The molecule has 0 amide bonds. The zero-order valence-corrected chi connectivity index (χ0v) is 9.21. The predicted molar refractivity (Wildman–Crippen MR) is 78.8 cm³/mol. The van der Waals surface area contributed by atoms with Crippen LogP contribution in [0, 0.1) is 5.41 Å². The zero-order chi connectivity index (χ0) is 13.5. The fourth-order valence-corrected chi connectivity index (χ4v) is 0.736. The fourth-order valence-electron chi connectivity index (χ4n) is 0.736. The summed E-state index contributed by atoms with van der Waals surface area (Å²) in [5.74, 6) is -3.30. The van der Waals surface area contributed by atoms with Crippen LogP contribution >= 0.6 is 0 Å². The van der Waals surface area contributed by atoms with E-state index in [1.165, 1.54) is 6.92 Å².